The minimum atomic E-state index is -0.149. The minimum Gasteiger partial charge on any atom is -0.383 e. The molecule has 0 spiro atoms. The highest BCUT2D eigenvalue weighted by Gasteiger charge is 2.48. The van der Waals surface area contributed by atoms with Crippen molar-refractivity contribution in [2.45, 2.75) is 57.2 Å². The topological polar surface area (TPSA) is 30.9 Å². The number of piperidine rings is 1. The fourth-order valence-electron chi connectivity index (χ4n) is 3.79. The summed E-state index contributed by atoms with van der Waals surface area (Å²) in [5, 5.41) is 2.16. The van der Waals surface area contributed by atoms with Gasteiger partial charge in [0.15, 0.2) is 0 Å². The van der Waals surface area contributed by atoms with E-state index in [1.54, 1.807) is 14.2 Å². The van der Waals surface area contributed by atoms with Gasteiger partial charge in [-0.05, 0) is 45.6 Å². The van der Waals surface area contributed by atoms with E-state index in [4.69, 9.17) is 14.3 Å². The molecular weight excluding hydrogens is 290 g/mol. The molecule has 0 aromatic heterocycles. The summed E-state index contributed by atoms with van der Waals surface area (Å²) in [5.74, 6) is 0. The molecule has 4 nitrogen and oxygen atoms in total. The summed E-state index contributed by atoms with van der Waals surface area (Å²) in [4.78, 5) is 6.49. The molecule has 130 valence electrons. The van der Waals surface area contributed by atoms with Gasteiger partial charge in [0.05, 0.1) is 24.3 Å². The van der Waals surface area contributed by atoms with Gasteiger partial charge in [0.1, 0.15) is 6.10 Å². The van der Waals surface area contributed by atoms with Gasteiger partial charge in [-0.2, -0.15) is 5.06 Å². The van der Waals surface area contributed by atoms with Crippen molar-refractivity contribution in [1.29, 1.82) is 0 Å². The van der Waals surface area contributed by atoms with Crippen LogP contribution in [-0.4, -0.2) is 43.6 Å². The summed E-state index contributed by atoms with van der Waals surface area (Å²) in [6, 6.07) is 10.3. The predicted octanol–water partition coefficient (Wildman–Crippen LogP) is 3.98. The molecule has 0 bridgehead atoms. The number of hydroxylamine groups is 2. The summed E-state index contributed by atoms with van der Waals surface area (Å²) in [6.45, 7) is 7.84. The first-order chi connectivity index (χ1) is 10.9. The maximum absolute atomic E-state index is 6.49. The second kappa shape index (κ2) is 7.75. The number of ether oxygens (including phenoxy) is 2. The van der Waals surface area contributed by atoms with Crippen LogP contribution in [0.3, 0.4) is 0 Å². The van der Waals surface area contributed by atoms with Crippen molar-refractivity contribution in [1.82, 2.24) is 5.06 Å². The Labute approximate surface area is 140 Å². The van der Waals surface area contributed by atoms with E-state index in [0.717, 1.165) is 19.3 Å². The smallest absolute Gasteiger partial charge is 0.102 e. The highest BCUT2D eigenvalue weighted by atomic mass is 16.7. The van der Waals surface area contributed by atoms with E-state index in [9.17, 15) is 0 Å². The summed E-state index contributed by atoms with van der Waals surface area (Å²) in [7, 11) is 3.51. The van der Waals surface area contributed by atoms with Gasteiger partial charge in [0.2, 0.25) is 0 Å². The second-order valence-corrected chi connectivity index (χ2v) is 7.17. The summed E-state index contributed by atoms with van der Waals surface area (Å²) >= 11 is 0. The average Bonchev–Trinajstić information content (AvgIpc) is 2.52. The van der Waals surface area contributed by atoms with Crippen molar-refractivity contribution in [2.75, 3.05) is 27.4 Å². The lowest BCUT2D eigenvalue weighted by atomic mass is 9.80. The molecule has 0 amide bonds. The van der Waals surface area contributed by atoms with Crippen molar-refractivity contribution in [3.8, 4) is 0 Å². The SMILES string of the molecule is COC[C@]1(C)CCC[C@](C)(COC)N1OC(C)c1ccccc1. The molecule has 23 heavy (non-hydrogen) atoms. The van der Waals surface area contributed by atoms with Crippen molar-refractivity contribution < 1.29 is 14.3 Å². The maximum atomic E-state index is 6.49. The Hall–Kier alpha value is -0.940. The molecule has 1 aromatic carbocycles. The normalized spacial score (nSPS) is 30.3. The van der Waals surface area contributed by atoms with Crippen LogP contribution < -0.4 is 0 Å². The molecule has 1 aliphatic heterocycles. The molecule has 2 rings (SSSR count). The molecule has 1 heterocycles. The van der Waals surface area contributed by atoms with Crippen LogP contribution in [-0.2, 0) is 14.3 Å². The molecule has 1 unspecified atom stereocenters. The Kier molecular flexibility index (Phi) is 6.20. The zero-order valence-corrected chi connectivity index (χ0v) is 15.2. The van der Waals surface area contributed by atoms with Crippen molar-refractivity contribution in [3.63, 3.8) is 0 Å². The third kappa shape index (κ3) is 4.13. The van der Waals surface area contributed by atoms with Crippen molar-refractivity contribution >= 4 is 0 Å². The largest absolute Gasteiger partial charge is 0.383 e. The summed E-state index contributed by atoms with van der Waals surface area (Å²) in [6.07, 6.45) is 3.25. The van der Waals surface area contributed by atoms with E-state index in [1.807, 2.05) is 18.2 Å². The van der Waals surface area contributed by atoms with Gasteiger partial charge >= 0.3 is 0 Å². The number of rotatable bonds is 7. The van der Waals surface area contributed by atoms with Gasteiger partial charge in [0, 0.05) is 14.2 Å². The summed E-state index contributed by atoms with van der Waals surface area (Å²) < 4.78 is 11.0. The molecule has 0 aliphatic carbocycles. The first-order valence-electron chi connectivity index (χ1n) is 8.45. The molecule has 1 saturated heterocycles. The van der Waals surface area contributed by atoms with Gasteiger partial charge in [-0.1, -0.05) is 30.3 Å². The fourth-order valence-corrected chi connectivity index (χ4v) is 3.79. The number of nitrogens with zero attached hydrogens (tertiary/aromatic N) is 1. The van der Waals surface area contributed by atoms with Crippen LogP contribution in [0.2, 0.25) is 0 Å². The lowest BCUT2D eigenvalue weighted by Gasteiger charge is -2.54. The van der Waals surface area contributed by atoms with E-state index in [-0.39, 0.29) is 17.2 Å². The molecule has 0 saturated carbocycles. The van der Waals surface area contributed by atoms with E-state index in [1.165, 1.54) is 5.56 Å². The molecule has 1 aromatic rings. The molecule has 1 fully saturated rings. The average molecular weight is 321 g/mol. The third-order valence-corrected chi connectivity index (χ3v) is 4.85. The quantitative estimate of drug-likeness (QED) is 0.760. The number of hydrogen-bond donors (Lipinski definition) is 0. The Morgan fingerprint density at radius 3 is 2.00 bits per heavy atom. The first-order valence-corrected chi connectivity index (χ1v) is 8.45. The molecular formula is C19H31NO3. The van der Waals surface area contributed by atoms with E-state index in [0.29, 0.717) is 13.2 Å². The van der Waals surface area contributed by atoms with Crippen LogP contribution in [0.1, 0.15) is 51.7 Å². The van der Waals surface area contributed by atoms with Crippen LogP contribution in [0, 0.1) is 0 Å². The Bertz CT molecular complexity index is 453. The Morgan fingerprint density at radius 1 is 1.00 bits per heavy atom. The van der Waals surface area contributed by atoms with E-state index < -0.39 is 0 Å². The fraction of sp³-hybridized carbons (Fsp3) is 0.684. The molecule has 4 heteroatoms. The first kappa shape index (κ1) is 18.4. The van der Waals surface area contributed by atoms with Gasteiger partial charge in [-0.3, -0.25) is 4.84 Å². The van der Waals surface area contributed by atoms with Crippen LogP contribution in [0.15, 0.2) is 30.3 Å². The Morgan fingerprint density at radius 2 is 1.52 bits per heavy atom. The standard InChI is InChI=1S/C19H31NO3/c1-16(17-10-7-6-8-11-17)23-20-18(2,14-21-4)12-9-13-19(20,3)15-22-5/h6-8,10-11,16H,9,12-15H2,1-5H3/t16?,18-,19+. The van der Waals surface area contributed by atoms with E-state index >= 15 is 0 Å². The van der Waals surface area contributed by atoms with Gasteiger partial charge in [-0.15, -0.1) is 0 Å². The second-order valence-electron chi connectivity index (χ2n) is 7.17. The highest BCUT2D eigenvalue weighted by molar-refractivity contribution is 5.17. The highest BCUT2D eigenvalue weighted by Crippen LogP contribution is 2.41. The van der Waals surface area contributed by atoms with Gasteiger partial charge < -0.3 is 9.47 Å². The van der Waals surface area contributed by atoms with Gasteiger partial charge in [0.25, 0.3) is 0 Å². The monoisotopic (exact) mass is 321 g/mol. The zero-order chi connectivity index (χ0) is 16.9. The molecule has 3 atom stereocenters. The van der Waals surface area contributed by atoms with Crippen LogP contribution in [0.25, 0.3) is 0 Å². The number of hydrogen-bond acceptors (Lipinski definition) is 4. The minimum absolute atomic E-state index is 0.0123. The lowest BCUT2D eigenvalue weighted by Crippen LogP contribution is -2.64. The lowest BCUT2D eigenvalue weighted by molar-refractivity contribution is -0.324. The van der Waals surface area contributed by atoms with Crippen LogP contribution >= 0.6 is 0 Å². The number of methoxy groups -OCH3 is 2. The molecule has 1 aliphatic rings. The van der Waals surface area contributed by atoms with E-state index in [2.05, 4.69) is 38.0 Å². The molecule has 0 radical (unpaired) electrons. The third-order valence-electron chi connectivity index (χ3n) is 4.85. The van der Waals surface area contributed by atoms with Crippen LogP contribution in [0.5, 0.6) is 0 Å². The maximum Gasteiger partial charge on any atom is 0.102 e. The Balaban J connectivity index is 2.26. The van der Waals surface area contributed by atoms with Crippen molar-refractivity contribution in [3.05, 3.63) is 35.9 Å². The summed E-state index contributed by atoms with van der Waals surface area (Å²) in [5.41, 5.74) is 0.879. The zero-order valence-electron chi connectivity index (χ0n) is 15.2. The van der Waals surface area contributed by atoms with Gasteiger partial charge in [-0.25, -0.2) is 0 Å². The predicted molar refractivity (Wildman–Crippen MR) is 92.2 cm³/mol. The van der Waals surface area contributed by atoms with Crippen LogP contribution in [0.4, 0.5) is 0 Å². The van der Waals surface area contributed by atoms with Crippen molar-refractivity contribution in [2.24, 2.45) is 0 Å². The number of benzene rings is 1. The molecule has 0 N–H and O–H groups in total.